The van der Waals surface area contributed by atoms with Gasteiger partial charge in [0, 0.05) is 11.6 Å². The van der Waals surface area contributed by atoms with E-state index in [1.165, 1.54) is 12.1 Å². The predicted octanol–water partition coefficient (Wildman–Crippen LogP) is 3.22. The quantitative estimate of drug-likeness (QED) is 0.713. The fraction of sp³-hybridized carbons (Fsp3) is 0.100. The summed E-state index contributed by atoms with van der Waals surface area (Å²) in [5.41, 5.74) is 1.31. The van der Waals surface area contributed by atoms with Crippen molar-refractivity contribution in [2.75, 3.05) is 0 Å². The minimum atomic E-state index is -0.300. The first-order chi connectivity index (χ1) is 6.79. The van der Waals surface area contributed by atoms with Gasteiger partial charge in [0.15, 0.2) is 5.76 Å². The van der Waals surface area contributed by atoms with E-state index in [2.05, 4.69) is 5.16 Å². The highest BCUT2D eigenvalue weighted by Crippen LogP contribution is 2.21. The largest absolute Gasteiger partial charge is 0.356 e. The summed E-state index contributed by atoms with van der Waals surface area (Å²) in [6, 6.07) is 7.83. The Bertz CT molecular complexity index is 441. The molecule has 0 saturated heterocycles. The Balaban J connectivity index is 2.39. The van der Waals surface area contributed by atoms with Crippen molar-refractivity contribution in [1.29, 1.82) is 0 Å². The minimum absolute atomic E-state index is 0.290. The molecule has 0 spiro atoms. The molecule has 0 aliphatic carbocycles. The lowest BCUT2D eigenvalue weighted by Crippen LogP contribution is -1.76. The van der Waals surface area contributed by atoms with Crippen molar-refractivity contribution in [1.82, 2.24) is 5.16 Å². The number of benzene rings is 1. The zero-order valence-electron chi connectivity index (χ0n) is 7.21. The van der Waals surface area contributed by atoms with Crippen LogP contribution in [-0.2, 0) is 5.88 Å². The molecular weight excluding hydrogens is 205 g/mol. The van der Waals surface area contributed by atoms with Crippen molar-refractivity contribution in [2.24, 2.45) is 0 Å². The van der Waals surface area contributed by atoms with Crippen LogP contribution in [-0.4, -0.2) is 5.16 Å². The van der Waals surface area contributed by atoms with E-state index < -0.39 is 0 Å². The van der Waals surface area contributed by atoms with Gasteiger partial charge >= 0.3 is 0 Å². The molecule has 0 fully saturated rings. The van der Waals surface area contributed by atoms with Crippen LogP contribution in [0.4, 0.5) is 4.39 Å². The van der Waals surface area contributed by atoms with Crippen LogP contribution in [0, 0.1) is 5.82 Å². The average molecular weight is 212 g/mol. The third kappa shape index (κ3) is 1.77. The van der Waals surface area contributed by atoms with E-state index in [-0.39, 0.29) is 5.82 Å². The lowest BCUT2D eigenvalue weighted by Gasteiger charge is -1.93. The van der Waals surface area contributed by atoms with E-state index in [1.807, 2.05) is 0 Å². The van der Waals surface area contributed by atoms with Crippen LogP contribution >= 0.6 is 11.6 Å². The topological polar surface area (TPSA) is 26.0 Å². The fourth-order valence-corrected chi connectivity index (χ4v) is 1.28. The van der Waals surface area contributed by atoms with Gasteiger partial charge in [-0.25, -0.2) is 4.39 Å². The predicted molar refractivity (Wildman–Crippen MR) is 51.5 cm³/mol. The molecule has 2 nitrogen and oxygen atoms in total. The molecule has 0 aliphatic heterocycles. The summed E-state index contributed by atoms with van der Waals surface area (Å²) in [6.45, 7) is 0. The fourth-order valence-electron chi connectivity index (χ4n) is 1.15. The first-order valence-electron chi connectivity index (χ1n) is 4.07. The van der Waals surface area contributed by atoms with Crippen molar-refractivity contribution in [3.05, 3.63) is 41.8 Å². The number of hydrogen-bond donors (Lipinski definition) is 0. The molecule has 0 N–H and O–H groups in total. The maximum Gasteiger partial charge on any atom is 0.167 e. The van der Waals surface area contributed by atoms with Crippen LogP contribution < -0.4 is 0 Å². The van der Waals surface area contributed by atoms with Crippen LogP contribution in [0.3, 0.4) is 0 Å². The third-order valence-corrected chi connectivity index (χ3v) is 2.08. The number of halogens is 2. The van der Waals surface area contributed by atoms with Gasteiger partial charge in [0.2, 0.25) is 0 Å². The molecule has 2 rings (SSSR count). The van der Waals surface area contributed by atoms with Gasteiger partial charge in [-0.05, 0) is 12.1 Å². The molecule has 0 bridgehead atoms. The summed E-state index contributed by atoms with van der Waals surface area (Å²) < 4.78 is 17.8. The number of rotatable bonds is 2. The van der Waals surface area contributed by atoms with Crippen LogP contribution in [0.15, 0.2) is 34.9 Å². The molecule has 0 radical (unpaired) electrons. The SMILES string of the molecule is Fc1cccc(-c2cc(CCl)no2)c1. The van der Waals surface area contributed by atoms with E-state index >= 15 is 0 Å². The van der Waals surface area contributed by atoms with Gasteiger partial charge in [0.05, 0.1) is 11.6 Å². The summed E-state index contributed by atoms with van der Waals surface area (Å²) in [6.07, 6.45) is 0. The first kappa shape index (κ1) is 9.21. The standard InChI is InChI=1S/C10H7ClFNO/c11-6-9-5-10(14-13-9)7-2-1-3-8(12)4-7/h1-5H,6H2. The average Bonchev–Trinajstić information content (AvgIpc) is 2.66. The molecule has 0 amide bonds. The van der Waals surface area contributed by atoms with Gasteiger partial charge in [-0.1, -0.05) is 17.3 Å². The molecule has 1 heterocycles. The Morgan fingerprint density at radius 3 is 2.86 bits per heavy atom. The monoisotopic (exact) mass is 211 g/mol. The Morgan fingerprint density at radius 2 is 2.21 bits per heavy atom. The second kappa shape index (κ2) is 3.80. The lowest BCUT2D eigenvalue weighted by molar-refractivity contribution is 0.426. The highest BCUT2D eigenvalue weighted by molar-refractivity contribution is 6.16. The Hall–Kier alpha value is -1.35. The van der Waals surface area contributed by atoms with E-state index in [1.54, 1.807) is 18.2 Å². The molecule has 0 atom stereocenters. The van der Waals surface area contributed by atoms with E-state index in [0.717, 1.165) is 0 Å². The molecule has 1 aromatic carbocycles. The molecule has 0 aliphatic rings. The van der Waals surface area contributed by atoms with E-state index in [9.17, 15) is 4.39 Å². The van der Waals surface area contributed by atoms with Gasteiger partial charge in [0.1, 0.15) is 5.82 Å². The van der Waals surface area contributed by atoms with Gasteiger partial charge in [0.25, 0.3) is 0 Å². The Morgan fingerprint density at radius 1 is 1.36 bits per heavy atom. The first-order valence-corrected chi connectivity index (χ1v) is 4.60. The summed E-state index contributed by atoms with van der Waals surface area (Å²) in [5.74, 6) is 0.519. The van der Waals surface area contributed by atoms with Crippen molar-refractivity contribution in [3.8, 4) is 11.3 Å². The molecule has 0 saturated carbocycles. The highest BCUT2D eigenvalue weighted by Gasteiger charge is 2.06. The molecule has 0 unspecified atom stereocenters. The van der Waals surface area contributed by atoms with E-state index in [4.69, 9.17) is 16.1 Å². The third-order valence-electron chi connectivity index (χ3n) is 1.81. The normalized spacial score (nSPS) is 10.4. The zero-order chi connectivity index (χ0) is 9.97. The van der Waals surface area contributed by atoms with Crippen molar-refractivity contribution < 1.29 is 8.91 Å². The maximum absolute atomic E-state index is 12.9. The molecule has 2 aromatic rings. The summed E-state index contributed by atoms with van der Waals surface area (Å²) in [5, 5.41) is 3.71. The number of alkyl halides is 1. The van der Waals surface area contributed by atoms with Crippen LogP contribution in [0.25, 0.3) is 11.3 Å². The smallest absolute Gasteiger partial charge is 0.167 e. The van der Waals surface area contributed by atoms with Crippen LogP contribution in [0.2, 0.25) is 0 Å². The maximum atomic E-state index is 12.9. The molecule has 72 valence electrons. The highest BCUT2D eigenvalue weighted by atomic mass is 35.5. The summed E-state index contributed by atoms with van der Waals surface area (Å²) in [7, 11) is 0. The lowest BCUT2D eigenvalue weighted by atomic mass is 10.1. The van der Waals surface area contributed by atoms with Crippen molar-refractivity contribution >= 4 is 11.6 Å². The number of hydrogen-bond acceptors (Lipinski definition) is 2. The Labute approximate surface area is 85.3 Å². The van der Waals surface area contributed by atoms with Crippen molar-refractivity contribution in [2.45, 2.75) is 5.88 Å². The van der Waals surface area contributed by atoms with Gasteiger partial charge in [-0.3, -0.25) is 0 Å². The second-order valence-electron chi connectivity index (χ2n) is 2.83. The van der Waals surface area contributed by atoms with Crippen LogP contribution in [0.1, 0.15) is 5.69 Å². The molecule has 1 aromatic heterocycles. The zero-order valence-corrected chi connectivity index (χ0v) is 7.96. The molecule has 4 heteroatoms. The summed E-state index contributed by atoms with van der Waals surface area (Å²) in [4.78, 5) is 0. The van der Waals surface area contributed by atoms with Gasteiger partial charge in [-0.2, -0.15) is 0 Å². The van der Waals surface area contributed by atoms with E-state index in [0.29, 0.717) is 22.9 Å². The van der Waals surface area contributed by atoms with Crippen LogP contribution in [0.5, 0.6) is 0 Å². The Kier molecular flexibility index (Phi) is 2.50. The molecule has 14 heavy (non-hydrogen) atoms. The molecular formula is C10H7ClFNO. The number of aromatic nitrogens is 1. The van der Waals surface area contributed by atoms with Crippen molar-refractivity contribution in [3.63, 3.8) is 0 Å². The second-order valence-corrected chi connectivity index (χ2v) is 3.09. The van der Waals surface area contributed by atoms with Gasteiger partial charge in [-0.15, -0.1) is 11.6 Å². The minimum Gasteiger partial charge on any atom is -0.356 e. The van der Waals surface area contributed by atoms with Gasteiger partial charge < -0.3 is 4.52 Å². The summed E-state index contributed by atoms with van der Waals surface area (Å²) >= 11 is 5.56. The number of nitrogens with zero attached hydrogens (tertiary/aromatic N) is 1.